The third-order valence-corrected chi connectivity index (χ3v) is 4.11. The first-order valence-corrected chi connectivity index (χ1v) is 7.21. The third-order valence-electron chi connectivity index (χ3n) is 4.11. The predicted molar refractivity (Wildman–Crippen MR) is 81.7 cm³/mol. The molecule has 1 unspecified atom stereocenters. The van der Waals surface area contributed by atoms with Crippen molar-refractivity contribution in [2.24, 2.45) is 0 Å². The molecule has 3 nitrogen and oxygen atoms in total. The van der Waals surface area contributed by atoms with E-state index in [0.29, 0.717) is 6.61 Å². The maximum Gasteiger partial charge on any atom is 0.165 e. The van der Waals surface area contributed by atoms with Gasteiger partial charge in [-0.2, -0.15) is 0 Å². The summed E-state index contributed by atoms with van der Waals surface area (Å²) in [5.74, 6) is 1.49. The average Bonchev–Trinajstić information content (AvgIpc) is 2.81. The Morgan fingerprint density at radius 1 is 1.14 bits per heavy atom. The number of fused-ring (bicyclic) bond motifs is 1. The van der Waals surface area contributed by atoms with Gasteiger partial charge in [0.25, 0.3) is 0 Å². The number of rotatable bonds is 4. The highest BCUT2D eigenvalue weighted by Gasteiger charge is 2.35. The molecular formula is C18H20O3. The second-order valence-electron chi connectivity index (χ2n) is 5.67. The molecule has 1 atom stereocenters. The number of aliphatic hydroxyl groups is 1. The van der Waals surface area contributed by atoms with Crippen molar-refractivity contribution in [1.29, 1.82) is 0 Å². The van der Waals surface area contributed by atoms with Gasteiger partial charge in [0.1, 0.15) is 6.61 Å². The number of benzene rings is 2. The number of hydrogen-bond donors (Lipinski definition) is 1. The van der Waals surface area contributed by atoms with Crippen LogP contribution in [0.3, 0.4) is 0 Å². The van der Waals surface area contributed by atoms with Crippen LogP contribution in [0.5, 0.6) is 11.5 Å². The van der Waals surface area contributed by atoms with E-state index in [1.165, 1.54) is 0 Å². The van der Waals surface area contributed by atoms with E-state index in [1.54, 1.807) is 7.11 Å². The molecule has 0 aliphatic heterocycles. The van der Waals surface area contributed by atoms with E-state index in [0.717, 1.165) is 41.0 Å². The van der Waals surface area contributed by atoms with Crippen LogP contribution < -0.4 is 9.47 Å². The normalized spacial score (nSPS) is 20.1. The van der Waals surface area contributed by atoms with E-state index >= 15 is 0 Å². The molecule has 21 heavy (non-hydrogen) atoms. The van der Waals surface area contributed by atoms with Gasteiger partial charge in [0.15, 0.2) is 11.5 Å². The topological polar surface area (TPSA) is 38.7 Å². The smallest absolute Gasteiger partial charge is 0.165 e. The van der Waals surface area contributed by atoms with E-state index in [4.69, 9.17) is 9.47 Å². The lowest BCUT2D eigenvalue weighted by Gasteiger charge is -2.19. The van der Waals surface area contributed by atoms with E-state index < -0.39 is 5.60 Å². The van der Waals surface area contributed by atoms with Gasteiger partial charge in [0.2, 0.25) is 0 Å². The summed E-state index contributed by atoms with van der Waals surface area (Å²) in [5.41, 5.74) is 2.36. The zero-order valence-electron chi connectivity index (χ0n) is 12.4. The lowest BCUT2D eigenvalue weighted by Crippen LogP contribution is -2.16. The van der Waals surface area contributed by atoms with Crippen LogP contribution in [-0.2, 0) is 18.6 Å². The van der Waals surface area contributed by atoms with E-state index in [2.05, 4.69) is 0 Å². The third kappa shape index (κ3) is 2.61. The highest BCUT2D eigenvalue weighted by molar-refractivity contribution is 5.54. The van der Waals surface area contributed by atoms with Crippen LogP contribution in [0.25, 0.3) is 0 Å². The van der Waals surface area contributed by atoms with Crippen molar-refractivity contribution in [3.05, 3.63) is 59.2 Å². The standard InChI is InChI=1S/C18H20O3/c1-18(19)11-10-14-15(18)8-9-16(20-2)17(14)21-12-13-6-4-3-5-7-13/h3-9,19H,10-12H2,1-2H3. The lowest BCUT2D eigenvalue weighted by atomic mass is 9.98. The fourth-order valence-corrected chi connectivity index (χ4v) is 2.91. The van der Waals surface area contributed by atoms with Gasteiger partial charge in [-0.05, 0) is 37.0 Å². The van der Waals surface area contributed by atoms with Crippen molar-refractivity contribution < 1.29 is 14.6 Å². The van der Waals surface area contributed by atoms with Crippen LogP contribution in [0.4, 0.5) is 0 Å². The summed E-state index contributed by atoms with van der Waals surface area (Å²) in [4.78, 5) is 0. The highest BCUT2D eigenvalue weighted by atomic mass is 16.5. The number of ether oxygens (including phenoxy) is 2. The molecular weight excluding hydrogens is 264 g/mol. The molecule has 0 saturated carbocycles. The molecule has 0 heterocycles. The van der Waals surface area contributed by atoms with Crippen LogP contribution in [0.15, 0.2) is 42.5 Å². The van der Waals surface area contributed by atoms with Crippen molar-refractivity contribution in [2.45, 2.75) is 32.0 Å². The maximum atomic E-state index is 10.4. The van der Waals surface area contributed by atoms with E-state index in [-0.39, 0.29) is 0 Å². The van der Waals surface area contributed by atoms with Crippen LogP contribution in [-0.4, -0.2) is 12.2 Å². The molecule has 3 heteroatoms. The molecule has 0 saturated heterocycles. The van der Waals surface area contributed by atoms with Crippen molar-refractivity contribution >= 4 is 0 Å². The molecule has 0 fully saturated rings. The second-order valence-corrected chi connectivity index (χ2v) is 5.67. The minimum absolute atomic E-state index is 0.496. The van der Waals surface area contributed by atoms with Gasteiger partial charge in [-0.15, -0.1) is 0 Å². The summed E-state index contributed by atoms with van der Waals surface area (Å²) < 4.78 is 11.4. The monoisotopic (exact) mass is 284 g/mol. The Labute approximate surface area is 125 Å². The number of methoxy groups -OCH3 is 1. The Morgan fingerprint density at radius 2 is 1.90 bits per heavy atom. The maximum absolute atomic E-state index is 10.4. The number of hydrogen-bond acceptors (Lipinski definition) is 3. The van der Waals surface area contributed by atoms with Gasteiger partial charge >= 0.3 is 0 Å². The fourth-order valence-electron chi connectivity index (χ4n) is 2.91. The van der Waals surface area contributed by atoms with Gasteiger partial charge in [0.05, 0.1) is 12.7 Å². The first-order valence-electron chi connectivity index (χ1n) is 7.21. The van der Waals surface area contributed by atoms with Crippen LogP contribution in [0.2, 0.25) is 0 Å². The summed E-state index contributed by atoms with van der Waals surface area (Å²) >= 11 is 0. The first kappa shape index (κ1) is 14.0. The second kappa shape index (κ2) is 5.41. The summed E-state index contributed by atoms with van der Waals surface area (Å²) in [7, 11) is 1.64. The van der Waals surface area contributed by atoms with Gasteiger partial charge in [-0.3, -0.25) is 0 Å². The Morgan fingerprint density at radius 3 is 2.62 bits per heavy atom. The van der Waals surface area contributed by atoms with Crippen LogP contribution >= 0.6 is 0 Å². The molecule has 0 aromatic heterocycles. The molecule has 1 aliphatic rings. The molecule has 1 aliphatic carbocycles. The quantitative estimate of drug-likeness (QED) is 0.935. The molecule has 0 radical (unpaired) electrons. The summed E-state index contributed by atoms with van der Waals surface area (Å²) in [6, 6.07) is 13.9. The first-order chi connectivity index (χ1) is 10.1. The van der Waals surface area contributed by atoms with Crippen LogP contribution in [0.1, 0.15) is 30.0 Å². The fraction of sp³-hybridized carbons (Fsp3) is 0.333. The van der Waals surface area contributed by atoms with Gasteiger partial charge < -0.3 is 14.6 Å². The minimum atomic E-state index is -0.771. The molecule has 2 aromatic carbocycles. The Hall–Kier alpha value is -2.00. The van der Waals surface area contributed by atoms with Gasteiger partial charge in [0, 0.05) is 5.56 Å². The minimum Gasteiger partial charge on any atom is -0.493 e. The van der Waals surface area contributed by atoms with Crippen molar-refractivity contribution in [3.63, 3.8) is 0 Å². The zero-order chi connectivity index (χ0) is 14.9. The Balaban J connectivity index is 1.92. The molecule has 3 rings (SSSR count). The molecule has 110 valence electrons. The van der Waals surface area contributed by atoms with Crippen molar-refractivity contribution in [3.8, 4) is 11.5 Å². The molecule has 0 bridgehead atoms. The van der Waals surface area contributed by atoms with Crippen molar-refractivity contribution in [2.75, 3.05) is 7.11 Å². The highest BCUT2D eigenvalue weighted by Crippen LogP contribution is 2.45. The SMILES string of the molecule is COc1ccc2c(c1OCc1ccccc1)CCC2(C)O. The largest absolute Gasteiger partial charge is 0.493 e. The molecule has 2 aromatic rings. The van der Waals surface area contributed by atoms with Gasteiger partial charge in [-0.1, -0.05) is 36.4 Å². The zero-order valence-corrected chi connectivity index (χ0v) is 12.4. The summed E-state index contributed by atoms with van der Waals surface area (Å²) in [6.07, 6.45) is 1.53. The van der Waals surface area contributed by atoms with E-state index in [9.17, 15) is 5.11 Å². The summed E-state index contributed by atoms with van der Waals surface area (Å²) in [6.45, 7) is 2.35. The van der Waals surface area contributed by atoms with Crippen molar-refractivity contribution in [1.82, 2.24) is 0 Å². The summed E-state index contributed by atoms with van der Waals surface area (Å²) in [5, 5.41) is 10.4. The molecule has 0 amide bonds. The van der Waals surface area contributed by atoms with E-state index in [1.807, 2.05) is 49.4 Å². The molecule has 1 N–H and O–H groups in total. The lowest BCUT2D eigenvalue weighted by molar-refractivity contribution is 0.0594. The van der Waals surface area contributed by atoms with Gasteiger partial charge in [-0.25, -0.2) is 0 Å². The molecule has 0 spiro atoms. The Kier molecular flexibility index (Phi) is 3.60. The average molecular weight is 284 g/mol. The van der Waals surface area contributed by atoms with Crippen LogP contribution in [0, 0.1) is 0 Å². The Bertz CT molecular complexity index is 632. The predicted octanol–water partition coefficient (Wildman–Crippen LogP) is 3.43.